The Hall–Kier alpha value is -1.34. The van der Waals surface area contributed by atoms with Crippen LogP contribution in [-0.2, 0) is 9.59 Å². The molecule has 0 aliphatic rings. The first-order valence-electron chi connectivity index (χ1n) is 6.99. The van der Waals surface area contributed by atoms with Crippen molar-refractivity contribution < 1.29 is 9.59 Å². The molecule has 0 saturated heterocycles. The topological polar surface area (TPSA) is 58.2 Å². The molecule has 110 valence electrons. The van der Waals surface area contributed by atoms with E-state index in [2.05, 4.69) is 16.6 Å². The summed E-state index contributed by atoms with van der Waals surface area (Å²) in [5, 5.41) is 5.77. The van der Waals surface area contributed by atoms with Crippen molar-refractivity contribution in [3.05, 3.63) is 0 Å². The lowest BCUT2D eigenvalue weighted by Gasteiger charge is -2.12. The molecule has 0 unspecified atom stereocenters. The lowest BCUT2D eigenvalue weighted by molar-refractivity contribution is -0.121. The first-order valence-corrected chi connectivity index (χ1v) is 6.99. The average Bonchev–Trinajstić information content (AvgIpc) is 2.42. The van der Waals surface area contributed by atoms with Gasteiger partial charge in [-0.1, -0.05) is 13.8 Å². The average molecular weight is 268 g/mol. The molecular weight excluding hydrogens is 240 g/mol. The van der Waals surface area contributed by atoms with Crippen LogP contribution < -0.4 is 10.6 Å². The third kappa shape index (κ3) is 12.9. The highest BCUT2D eigenvalue weighted by atomic mass is 16.1. The quantitative estimate of drug-likeness (QED) is 0.496. The Morgan fingerprint density at radius 3 is 2.37 bits per heavy atom. The van der Waals surface area contributed by atoms with Gasteiger partial charge in [-0.3, -0.25) is 9.59 Å². The van der Waals surface area contributed by atoms with Gasteiger partial charge in [-0.05, 0) is 33.2 Å². The summed E-state index contributed by atoms with van der Waals surface area (Å²) < 4.78 is 0. The molecule has 4 nitrogen and oxygen atoms in total. The van der Waals surface area contributed by atoms with Crippen LogP contribution in [0.4, 0.5) is 0 Å². The number of likely N-dealkylation sites (N-methyl/N-ethyl adjacent to an activating group) is 1. The number of hydrogen-bond donors (Lipinski definition) is 2. The van der Waals surface area contributed by atoms with Crippen molar-refractivity contribution in [1.82, 2.24) is 10.6 Å². The summed E-state index contributed by atoms with van der Waals surface area (Å²) >= 11 is 0. The molecule has 4 heteroatoms. The van der Waals surface area contributed by atoms with E-state index in [1.807, 2.05) is 13.8 Å². The Balaban J connectivity index is 0. The highest BCUT2D eigenvalue weighted by Crippen LogP contribution is 2.01. The van der Waals surface area contributed by atoms with Gasteiger partial charge < -0.3 is 10.6 Å². The Kier molecular flexibility index (Phi) is 15.5. The van der Waals surface area contributed by atoms with Gasteiger partial charge in [0.1, 0.15) is 5.78 Å². The van der Waals surface area contributed by atoms with E-state index in [9.17, 15) is 9.59 Å². The molecule has 0 bridgehead atoms. The molecule has 0 heterocycles. The fourth-order valence-corrected chi connectivity index (χ4v) is 1.53. The van der Waals surface area contributed by atoms with E-state index >= 15 is 0 Å². The number of nitrogens with one attached hydrogen (secondary N) is 2. The summed E-state index contributed by atoms with van der Waals surface area (Å²) in [4.78, 5) is 22.3. The fraction of sp³-hybridized carbons (Fsp3) is 0.733. The maximum Gasteiger partial charge on any atom is 0.220 e. The van der Waals surface area contributed by atoms with Crippen molar-refractivity contribution >= 4 is 11.7 Å². The fourth-order valence-electron chi connectivity index (χ4n) is 1.53. The molecule has 2 N–H and O–H groups in total. The third-order valence-corrected chi connectivity index (χ3v) is 2.58. The van der Waals surface area contributed by atoms with Crippen LogP contribution in [-0.4, -0.2) is 31.3 Å². The lowest BCUT2D eigenvalue weighted by atomic mass is 10.1. The highest BCUT2D eigenvalue weighted by Gasteiger charge is 2.10. The minimum atomic E-state index is -0.0628. The molecule has 0 aromatic heterocycles. The minimum Gasteiger partial charge on any atom is -0.356 e. The lowest BCUT2D eigenvalue weighted by Crippen LogP contribution is -2.32. The number of hydrogen-bond acceptors (Lipinski definition) is 3. The van der Waals surface area contributed by atoms with E-state index in [1.165, 1.54) is 0 Å². The summed E-state index contributed by atoms with van der Waals surface area (Å²) in [5.74, 6) is 2.59. The van der Waals surface area contributed by atoms with Crippen molar-refractivity contribution in [3.63, 3.8) is 0 Å². The molecule has 0 aliphatic heterocycles. The van der Waals surface area contributed by atoms with Crippen LogP contribution in [0.25, 0.3) is 0 Å². The van der Waals surface area contributed by atoms with Crippen molar-refractivity contribution in [2.75, 3.05) is 13.6 Å². The zero-order valence-corrected chi connectivity index (χ0v) is 12.7. The van der Waals surface area contributed by atoms with Crippen LogP contribution in [0.3, 0.4) is 0 Å². The number of carbonyl (C=O) groups excluding carboxylic acids is 2. The van der Waals surface area contributed by atoms with Crippen molar-refractivity contribution in [2.24, 2.45) is 0 Å². The molecular formula is C15H28N2O2. The van der Waals surface area contributed by atoms with Gasteiger partial charge in [0.05, 0.1) is 6.04 Å². The number of ketones is 1. The molecule has 1 atom stereocenters. The predicted molar refractivity (Wildman–Crippen MR) is 79.8 cm³/mol. The van der Waals surface area contributed by atoms with Crippen molar-refractivity contribution in [1.29, 1.82) is 0 Å². The molecule has 19 heavy (non-hydrogen) atoms. The number of unbranched alkanes of at least 4 members (excludes halogenated alkanes) is 1. The van der Waals surface area contributed by atoms with E-state index in [-0.39, 0.29) is 17.7 Å². The van der Waals surface area contributed by atoms with Gasteiger partial charge >= 0.3 is 0 Å². The standard InChI is InChI=1S/C13H22N2O2.C2H6/c1-4-5-9-13(17)15-10-7-6-8-12(14-3)11(2)16;1-2/h1,12,14H,5-10H2,2-3H3,(H,15,17);1-2H3/t12-;/m0./s1. The maximum absolute atomic E-state index is 11.2. The second-order valence-electron chi connectivity index (χ2n) is 4.00. The van der Waals surface area contributed by atoms with Crippen molar-refractivity contribution in [3.8, 4) is 12.3 Å². The summed E-state index contributed by atoms with van der Waals surface area (Å²) in [6.07, 6.45) is 8.55. The van der Waals surface area contributed by atoms with Gasteiger partial charge in [-0.2, -0.15) is 0 Å². The van der Waals surface area contributed by atoms with Crippen LogP contribution in [0.1, 0.15) is 52.9 Å². The maximum atomic E-state index is 11.2. The van der Waals surface area contributed by atoms with Crippen LogP contribution in [0.5, 0.6) is 0 Å². The van der Waals surface area contributed by atoms with Gasteiger partial charge in [0, 0.05) is 19.4 Å². The number of terminal acetylenes is 1. The van der Waals surface area contributed by atoms with E-state index in [4.69, 9.17) is 6.42 Å². The Bertz CT molecular complexity index is 282. The molecule has 1 amide bonds. The second-order valence-corrected chi connectivity index (χ2v) is 4.00. The number of amides is 1. The highest BCUT2D eigenvalue weighted by molar-refractivity contribution is 5.81. The monoisotopic (exact) mass is 268 g/mol. The van der Waals surface area contributed by atoms with Crippen LogP contribution >= 0.6 is 0 Å². The van der Waals surface area contributed by atoms with Crippen LogP contribution in [0.2, 0.25) is 0 Å². The molecule has 0 aliphatic carbocycles. The molecule has 0 radical (unpaired) electrons. The van der Waals surface area contributed by atoms with E-state index < -0.39 is 0 Å². The molecule has 0 rings (SSSR count). The van der Waals surface area contributed by atoms with Gasteiger partial charge in [0.25, 0.3) is 0 Å². The summed E-state index contributed by atoms with van der Waals surface area (Å²) in [5.41, 5.74) is 0. The molecule has 0 aromatic rings. The van der Waals surface area contributed by atoms with E-state index in [1.54, 1.807) is 14.0 Å². The first-order chi connectivity index (χ1) is 9.11. The Morgan fingerprint density at radius 2 is 1.89 bits per heavy atom. The third-order valence-electron chi connectivity index (χ3n) is 2.58. The Labute approximate surface area is 117 Å². The predicted octanol–water partition coefficient (Wildman–Crippen LogP) is 1.89. The van der Waals surface area contributed by atoms with Gasteiger partial charge in [0.15, 0.2) is 0 Å². The van der Waals surface area contributed by atoms with Crippen LogP contribution in [0.15, 0.2) is 0 Å². The van der Waals surface area contributed by atoms with Gasteiger partial charge in [0.2, 0.25) is 5.91 Å². The minimum absolute atomic E-state index is 0.000292. The van der Waals surface area contributed by atoms with Crippen molar-refractivity contribution in [2.45, 2.75) is 58.9 Å². The molecule has 0 saturated carbocycles. The SMILES string of the molecule is C#CCCC(=O)NCCCC[C@H](NC)C(C)=O.CC. The molecule has 0 aromatic carbocycles. The largest absolute Gasteiger partial charge is 0.356 e. The second kappa shape index (κ2) is 14.7. The summed E-state index contributed by atoms with van der Waals surface area (Å²) in [6.45, 7) is 6.24. The number of carbonyl (C=O) groups is 2. The first kappa shape index (κ1) is 20.0. The summed E-state index contributed by atoms with van der Waals surface area (Å²) in [7, 11) is 1.79. The smallest absolute Gasteiger partial charge is 0.220 e. The molecule has 0 spiro atoms. The van der Waals surface area contributed by atoms with Gasteiger partial charge in [-0.15, -0.1) is 12.3 Å². The van der Waals surface area contributed by atoms with Gasteiger partial charge in [-0.25, -0.2) is 0 Å². The summed E-state index contributed by atoms with van der Waals surface area (Å²) in [6, 6.07) is -0.0628. The number of rotatable bonds is 9. The van der Waals surface area contributed by atoms with Crippen LogP contribution in [0, 0.1) is 12.3 Å². The number of Topliss-reactive ketones (excluding diaryl/α,β-unsaturated/α-hetero) is 1. The zero-order chi connectivity index (χ0) is 15.1. The molecule has 0 fully saturated rings. The van der Waals surface area contributed by atoms with E-state index in [0.717, 1.165) is 19.3 Å². The Morgan fingerprint density at radius 1 is 1.26 bits per heavy atom. The van der Waals surface area contributed by atoms with E-state index in [0.29, 0.717) is 19.4 Å². The normalized spacial score (nSPS) is 10.7. The zero-order valence-electron chi connectivity index (χ0n) is 12.7.